The predicted molar refractivity (Wildman–Crippen MR) is 73.2 cm³/mol. The molecule has 0 amide bonds. The lowest BCUT2D eigenvalue weighted by Crippen LogP contribution is -2.14. The molecule has 0 N–H and O–H groups in total. The molecule has 0 aliphatic rings. The van der Waals surface area contributed by atoms with Gasteiger partial charge in [-0.25, -0.2) is 0 Å². The first kappa shape index (κ1) is 11.6. The monoisotopic (exact) mass is 251 g/mol. The molecular formula is C15H13N3O. The largest absolute Gasteiger partial charge is 0.280 e. The molecule has 4 nitrogen and oxygen atoms in total. The third-order valence-corrected chi connectivity index (χ3v) is 3.01. The van der Waals surface area contributed by atoms with Crippen LogP contribution >= 0.6 is 0 Å². The van der Waals surface area contributed by atoms with Crippen molar-refractivity contribution in [2.24, 2.45) is 0 Å². The van der Waals surface area contributed by atoms with E-state index in [1.165, 1.54) is 4.68 Å². The Labute approximate surface area is 110 Å². The van der Waals surface area contributed by atoms with E-state index >= 15 is 0 Å². The van der Waals surface area contributed by atoms with E-state index in [1.807, 2.05) is 56.3 Å². The molecule has 0 saturated heterocycles. The van der Waals surface area contributed by atoms with Crippen molar-refractivity contribution in [1.82, 2.24) is 15.0 Å². The van der Waals surface area contributed by atoms with Gasteiger partial charge in [0.05, 0.1) is 5.52 Å². The van der Waals surface area contributed by atoms with Crippen LogP contribution in [0.3, 0.4) is 0 Å². The predicted octanol–water partition coefficient (Wildman–Crippen LogP) is 2.74. The minimum Gasteiger partial charge on any atom is -0.267 e. The molecule has 0 saturated carbocycles. The summed E-state index contributed by atoms with van der Waals surface area (Å²) in [6.45, 7) is 3.95. The minimum atomic E-state index is -0.152. The fourth-order valence-corrected chi connectivity index (χ4v) is 2.24. The second kappa shape index (κ2) is 4.31. The minimum absolute atomic E-state index is 0.152. The molecule has 2 aromatic carbocycles. The molecule has 0 fully saturated rings. The van der Waals surface area contributed by atoms with E-state index in [4.69, 9.17) is 0 Å². The van der Waals surface area contributed by atoms with Gasteiger partial charge >= 0.3 is 0 Å². The topological polar surface area (TPSA) is 47.8 Å². The van der Waals surface area contributed by atoms with E-state index in [0.29, 0.717) is 5.56 Å². The van der Waals surface area contributed by atoms with Gasteiger partial charge < -0.3 is 0 Å². The second-order valence-corrected chi connectivity index (χ2v) is 4.67. The first-order valence-electron chi connectivity index (χ1n) is 6.08. The Bertz CT molecular complexity index is 754. The van der Waals surface area contributed by atoms with Gasteiger partial charge in [-0.3, -0.25) is 4.79 Å². The van der Waals surface area contributed by atoms with Gasteiger partial charge in [0.1, 0.15) is 5.52 Å². The lowest BCUT2D eigenvalue weighted by molar-refractivity contribution is 0.0948. The summed E-state index contributed by atoms with van der Waals surface area (Å²) in [4.78, 5) is 12.5. The van der Waals surface area contributed by atoms with Crippen molar-refractivity contribution in [1.29, 1.82) is 0 Å². The van der Waals surface area contributed by atoms with Crippen LogP contribution in [-0.2, 0) is 0 Å². The van der Waals surface area contributed by atoms with Gasteiger partial charge in [-0.2, -0.15) is 4.68 Å². The summed E-state index contributed by atoms with van der Waals surface area (Å²) in [5.41, 5.74) is 4.21. The van der Waals surface area contributed by atoms with Crippen LogP contribution in [0, 0.1) is 13.8 Å². The number of fused-ring (bicyclic) bond motifs is 1. The van der Waals surface area contributed by atoms with Gasteiger partial charge in [0.2, 0.25) is 0 Å². The first-order valence-corrected chi connectivity index (χ1v) is 6.08. The fourth-order valence-electron chi connectivity index (χ4n) is 2.24. The normalized spacial score (nSPS) is 10.8. The van der Waals surface area contributed by atoms with Crippen LogP contribution in [0.15, 0.2) is 42.5 Å². The van der Waals surface area contributed by atoms with Crippen molar-refractivity contribution in [2.45, 2.75) is 13.8 Å². The van der Waals surface area contributed by atoms with Crippen LogP contribution in [-0.4, -0.2) is 20.9 Å². The Morgan fingerprint density at radius 2 is 1.74 bits per heavy atom. The molecule has 0 aliphatic carbocycles. The maximum absolute atomic E-state index is 12.5. The van der Waals surface area contributed by atoms with Gasteiger partial charge in [0.25, 0.3) is 5.91 Å². The van der Waals surface area contributed by atoms with Crippen molar-refractivity contribution < 1.29 is 4.79 Å². The third-order valence-electron chi connectivity index (χ3n) is 3.01. The smallest absolute Gasteiger partial charge is 0.267 e. The van der Waals surface area contributed by atoms with Crippen molar-refractivity contribution >= 4 is 16.9 Å². The molecule has 0 unspecified atom stereocenters. The number of rotatable bonds is 1. The van der Waals surface area contributed by atoms with Crippen LogP contribution in [0.25, 0.3) is 11.0 Å². The van der Waals surface area contributed by atoms with E-state index in [0.717, 1.165) is 22.2 Å². The summed E-state index contributed by atoms with van der Waals surface area (Å²) in [5.74, 6) is -0.152. The van der Waals surface area contributed by atoms with E-state index in [2.05, 4.69) is 10.3 Å². The number of carbonyl (C=O) groups excluding carboxylic acids is 1. The molecule has 0 radical (unpaired) electrons. The van der Waals surface area contributed by atoms with E-state index in [-0.39, 0.29) is 5.91 Å². The number of aryl methyl sites for hydroxylation is 2. The molecule has 0 bridgehead atoms. The highest BCUT2D eigenvalue weighted by Crippen LogP contribution is 2.14. The highest BCUT2D eigenvalue weighted by Gasteiger charge is 2.14. The number of hydrogen-bond acceptors (Lipinski definition) is 3. The van der Waals surface area contributed by atoms with E-state index < -0.39 is 0 Å². The number of aromatic nitrogens is 3. The average molecular weight is 251 g/mol. The fraction of sp³-hybridized carbons (Fsp3) is 0.133. The maximum Gasteiger partial charge on any atom is 0.280 e. The van der Waals surface area contributed by atoms with Crippen LogP contribution < -0.4 is 0 Å². The molecular weight excluding hydrogens is 238 g/mol. The SMILES string of the molecule is Cc1cc(C)cc(C(=O)n2nnc3ccccc32)c1. The zero-order valence-electron chi connectivity index (χ0n) is 10.8. The van der Waals surface area contributed by atoms with Crippen LogP contribution in [0.2, 0.25) is 0 Å². The van der Waals surface area contributed by atoms with Crippen LogP contribution in [0.4, 0.5) is 0 Å². The summed E-state index contributed by atoms with van der Waals surface area (Å²) in [5, 5.41) is 7.95. The molecule has 0 aliphatic heterocycles. The number of carbonyl (C=O) groups is 1. The summed E-state index contributed by atoms with van der Waals surface area (Å²) in [6, 6.07) is 13.2. The Balaban J connectivity index is 2.13. The number of hydrogen-bond donors (Lipinski definition) is 0. The van der Waals surface area contributed by atoms with Gasteiger partial charge in [0.15, 0.2) is 0 Å². The molecule has 19 heavy (non-hydrogen) atoms. The van der Waals surface area contributed by atoms with Gasteiger partial charge in [-0.05, 0) is 38.1 Å². The highest BCUT2D eigenvalue weighted by molar-refractivity contribution is 6.00. The van der Waals surface area contributed by atoms with Crippen LogP contribution in [0.1, 0.15) is 21.5 Å². The summed E-state index contributed by atoms with van der Waals surface area (Å²) in [7, 11) is 0. The van der Waals surface area contributed by atoms with Gasteiger partial charge in [-0.1, -0.05) is 34.5 Å². The lowest BCUT2D eigenvalue weighted by atomic mass is 10.1. The molecule has 0 spiro atoms. The summed E-state index contributed by atoms with van der Waals surface area (Å²) >= 11 is 0. The standard InChI is InChI=1S/C15H13N3O/c1-10-7-11(2)9-12(8-10)15(19)18-14-6-4-3-5-13(14)16-17-18/h3-9H,1-2H3. The molecule has 0 atom stereocenters. The second-order valence-electron chi connectivity index (χ2n) is 4.67. The lowest BCUT2D eigenvalue weighted by Gasteiger charge is -2.04. The highest BCUT2D eigenvalue weighted by atomic mass is 16.2. The first-order chi connectivity index (χ1) is 9.15. The Morgan fingerprint density at radius 3 is 2.47 bits per heavy atom. The number of nitrogens with zero attached hydrogens (tertiary/aromatic N) is 3. The average Bonchev–Trinajstić information content (AvgIpc) is 2.80. The van der Waals surface area contributed by atoms with Gasteiger partial charge in [-0.15, -0.1) is 5.10 Å². The quantitative estimate of drug-likeness (QED) is 0.668. The summed E-state index contributed by atoms with van der Waals surface area (Å²) in [6.07, 6.45) is 0. The maximum atomic E-state index is 12.5. The molecule has 1 heterocycles. The molecule has 3 rings (SSSR count). The molecule has 94 valence electrons. The van der Waals surface area contributed by atoms with Crippen LogP contribution in [0.5, 0.6) is 0 Å². The number of para-hydroxylation sites is 1. The van der Waals surface area contributed by atoms with Gasteiger partial charge in [0, 0.05) is 5.56 Å². The van der Waals surface area contributed by atoms with Crippen molar-refractivity contribution in [2.75, 3.05) is 0 Å². The van der Waals surface area contributed by atoms with Crippen molar-refractivity contribution in [3.8, 4) is 0 Å². The zero-order valence-corrected chi connectivity index (χ0v) is 10.8. The molecule has 1 aromatic heterocycles. The van der Waals surface area contributed by atoms with E-state index in [9.17, 15) is 4.79 Å². The third kappa shape index (κ3) is 2.01. The van der Waals surface area contributed by atoms with Crippen molar-refractivity contribution in [3.63, 3.8) is 0 Å². The zero-order chi connectivity index (χ0) is 13.4. The van der Waals surface area contributed by atoms with Crippen molar-refractivity contribution in [3.05, 3.63) is 59.2 Å². The molecule has 3 aromatic rings. The molecule has 4 heteroatoms. The number of benzene rings is 2. The Morgan fingerprint density at radius 1 is 1.05 bits per heavy atom. The van der Waals surface area contributed by atoms with E-state index in [1.54, 1.807) is 0 Å². The Hall–Kier alpha value is -2.49. The Kier molecular flexibility index (Phi) is 2.63. The summed E-state index contributed by atoms with van der Waals surface area (Å²) < 4.78 is 1.35.